The summed E-state index contributed by atoms with van der Waals surface area (Å²) < 4.78 is 0. The number of aromatic nitrogens is 2. The number of imidazole rings is 1. The first-order valence-electron chi connectivity index (χ1n) is 10.6. The van der Waals surface area contributed by atoms with Gasteiger partial charge in [0.2, 0.25) is 0 Å². The van der Waals surface area contributed by atoms with E-state index in [-0.39, 0.29) is 5.91 Å². The van der Waals surface area contributed by atoms with Gasteiger partial charge < -0.3 is 15.6 Å². The largest absolute Gasteiger partial charge is 0.333 e. The number of aromatic amines is 1. The summed E-state index contributed by atoms with van der Waals surface area (Å²) in [6, 6.07) is 21.6. The topological polar surface area (TPSA) is 116 Å². The molecule has 2 heterocycles. The van der Waals surface area contributed by atoms with Gasteiger partial charge in [0.25, 0.3) is 11.8 Å². The highest BCUT2D eigenvalue weighted by atomic mass is 32.2. The van der Waals surface area contributed by atoms with E-state index in [4.69, 9.17) is 0 Å². The second-order valence-electron chi connectivity index (χ2n) is 8.07. The van der Waals surface area contributed by atoms with Gasteiger partial charge in [0.05, 0.1) is 11.0 Å². The van der Waals surface area contributed by atoms with E-state index in [1.54, 1.807) is 37.3 Å². The van der Waals surface area contributed by atoms with E-state index in [0.717, 1.165) is 21.8 Å². The Morgan fingerprint density at radius 2 is 1.82 bits per heavy atom. The number of amides is 4. The number of imide groups is 1. The van der Waals surface area contributed by atoms with Gasteiger partial charge >= 0.3 is 6.03 Å². The molecule has 1 aliphatic rings. The van der Waals surface area contributed by atoms with Crippen LogP contribution >= 0.6 is 11.8 Å². The van der Waals surface area contributed by atoms with Crippen molar-refractivity contribution < 1.29 is 14.4 Å². The fraction of sp³-hybridized carbons (Fsp3) is 0.120. The molecule has 1 unspecified atom stereocenters. The van der Waals surface area contributed by atoms with Crippen LogP contribution in [0.1, 0.15) is 28.4 Å². The van der Waals surface area contributed by atoms with Gasteiger partial charge in [-0.1, -0.05) is 54.2 Å². The Bertz CT molecular complexity index is 1400. The molecular formula is C25H21N5O3S. The maximum Gasteiger partial charge on any atom is 0.322 e. The normalized spacial score (nSPS) is 17.4. The first kappa shape index (κ1) is 21.7. The van der Waals surface area contributed by atoms with Crippen LogP contribution in [0.3, 0.4) is 0 Å². The molecule has 9 heteroatoms. The number of anilines is 1. The summed E-state index contributed by atoms with van der Waals surface area (Å²) in [7, 11) is 0. The summed E-state index contributed by atoms with van der Waals surface area (Å²) in [5.41, 5.74) is 3.19. The Hall–Kier alpha value is -4.11. The number of H-pyrrole nitrogens is 1. The summed E-state index contributed by atoms with van der Waals surface area (Å²) >= 11 is 1.52. The molecule has 1 aliphatic heterocycles. The van der Waals surface area contributed by atoms with Crippen molar-refractivity contribution in [1.82, 2.24) is 20.6 Å². The van der Waals surface area contributed by atoms with Crippen molar-refractivity contribution >= 4 is 46.3 Å². The number of carbonyl (C=O) groups is 3. The number of rotatable bonds is 6. The number of carbonyl (C=O) groups excluding carboxylic acids is 3. The van der Waals surface area contributed by atoms with E-state index < -0.39 is 17.5 Å². The number of thioether (sulfide) groups is 1. The smallest absolute Gasteiger partial charge is 0.322 e. The van der Waals surface area contributed by atoms with Gasteiger partial charge in [0.15, 0.2) is 5.16 Å². The average Bonchev–Trinajstić information content (AvgIpc) is 3.37. The van der Waals surface area contributed by atoms with Crippen LogP contribution in [0, 0.1) is 0 Å². The van der Waals surface area contributed by atoms with E-state index >= 15 is 0 Å². The van der Waals surface area contributed by atoms with Gasteiger partial charge in [-0.25, -0.2) is 9.78 Å². The third-order valence-corrected chi connectivity index (χ3v) is 6.66. The molecule has 3 aromatic carbocycles. The van der Waals surface area contributed by atoms with Crippen molar-refractivity contribution in [2.75, 3.05) is 5.32 Å². The van der Waals surface area contributed by atoms with Crippen LogP contribution in [0.4, 0.5) is 10.5 Å². The standard InChI is InChI=1S/C25H21N5O3S/c1-25(22(32)29-23(33)30-25)16-8-6-9-17(13-16)26-21(31)18-10-3-2-7-15(18)14-34-24-27-19-11-4-5-12-20(19)28-24/h2-13H,14H2,1H3,(H,26,31)(H,27,28)(H2,29,30,32,33). The number of hydrogen-bond acceptors (Lipinski definition) is 5. The third kappa shape index (κ3) is 4.13. The minimum atomic E-state index is -1.20. The summed E-state index contributed by atoms with van der Waals surface area (Å²) in [5, 5.41) is 8.58. The predicted octanol–water partition coefficient (Wildman–Crippen LogP) is 4.16. The Morgan fingerprint density at radius 1 is 1.03 bits per heavy atom. The van der Waals surface area contributed by atoms with Crippen molar-refractivity contribution in [3.05, 3.63) is 89.5 Å². The second kappa shape index (κ2) is 8.68. The van der Waals surface area contributed by atoms with Crippen molar-refractivity contribution in [2.45, 2.75) is 23.4 Å². The van der Waals surface area contributed by atoms with Crippen LogP contribution in [0.25, 0.3) is 11.0 Å². The molecular weight excluding hydrogens is 450 g/mol. The summed E-state index contributed by atoms with van der Waals surface area (Å²) in [6.45, 7) is 1.62. The molecule has 34 heavy (non-hydrogen) atoms. The molecule has 1 aromatic heterocycles. The van der Waals surface area contributed by atoms with Crippen molar-refractivity contribution in [1.29, 1.82) is 0 Å². The molecule has 4 aromatic rings. The van der Waals surface area contributed by atoms with E-state index in [1.807, 2.05) is 42.5 Å². The molecule has 5 rings (SSSR count). The van der Waals surface area contributed by atoms with Gasteiger partial charge in [-0.05, 0) is 48.4 Å². The lowest BCUT2D eigenvalue weighted by Gasteiger charge is -2.21. The Morgan fingerprint density at radius 3 is 2.62 bits per heavy atom. The number of fused-ring (bicyclic) bond motifs is 1. The number of urea groups is 1. The highest BCUT2D eigenvalue weighted by molar-refractivity contribution is 7.98. The van der Waals surface area contributed by atoms with Crippen molar-refractivity contribution in [3.8, 4) is 0 Å². The number of hydrogen-bond donors (Lipinski definition) is 4. The lowest BCUT2D eigenvalue weighted by Crippen LogP contribution is -2.40. The summed E-state index contributed by atoms with van der Waals surface area (Å²) in [5.74, 6) is -0.134. The van der Waals surface area contributed by atoms with Crippen LogP contribution in [0.15, 0.2) is 78.0 Å². The zero-order valence-corrected chi connectivity index (χ0v) is 19.0. The molecule has 0 radical (unpaired) electrons. The average molecular weight is 472 g/mol. The number of benzene rings is 3. The van der Waals surface area contributed by atoms with Crippen LogP contribution in [-0.2, 0) is 16.1 Å². The molecule has 1 saturated heterocycles. The zero-order chi connectivity index (χ0) is 23.7. The third-order valence-electron chi connectivity index (χ3n) is 5.74. The zero-order valence-electron chi connectivity index (χ0n) is 18.2. The van der Waals surface area contributed by atoms with Gasteiger partial charge in [-0.15, -0.1) is 0 Å². The fourth-order valence-corrected chi connectivity index (χ4v) is 4.75. The Balaban J connectivity index is 1.33. The first-order chi connectivity index (χ1) is 16.4. The minimum absolute atomic E-state index is 0.261. The Labute approximate surface area is 199 Å². The van der Waals surface area contributed by atoms with Gasteiger partial charge in [0, 0.05) is 17.0 Å². The minimum Gasteiger partial charge on any atom is -0.333 e. The molecule has 1 atom stereocenters. The van der Waals surface area contributed by atoms with Crippen molar-refractivity contribution in [3.63, 3.8) is 0 Å². The predicted molar refractivity (Wildman–Crippen MR) is 131 cm³/mol. The lowest BCUT2D eigenvalue weighted by atomic mass is 9.92. The summed E-state index contributed by atoms with van der Waals surface area (Å²) in [6.07, 6.45) is 0. The van der Waals surface area contributed by atoms with Crippen LogP contribution in [0.5, 0.6) is 0 Å². The molecule has 0 saturated carbocycles. The van der Waals surface area contributed by atoms with Crippen molar-refractivity contribution in [2.24, 2.45) is 0 Å². The highest BCUT2D eigenvalue weighted by Gasteiger charge is 2.43. The van der Waals surface area contributed by atoms with Crippen LogP contribution in [0.2, 0.25) is 0 Å². The van der Waals surface area contributed by atoms with Gasteiger partial charge in [-0.3, -0.25) is 14.9 Å². The molecule has 170 valence electrons. The Kier molecular flexibility index (Phi) is 5.54. The van der Waals surface area contributed by atoms with E-state index in [0.29, 0.717) is 22.6 Å². The molecule has 4 amide bonds. The molecule has 0 bridgehead atoms. The SMILES string of the molecule is CC1(c2cccc(NC(=O)c3ccccc3CSc3nc4ccccc4[nH]3)c2)NC(=O)NC1=O. The second-order valence-corrected chi connectivity index (χ2v) is 9.04. The first-order valence-corrected chi connectivity index (χ1v) is 11.6. The van der Waals surface area contributed by atoms with Crippen LogP contribution < -0.4 is 16.0 Å². The quantitative estimate of drug-likeness (QED) is 0.249. The summed E-state index contributed by atoms with van der Waals surface area (Å²) in [4.78, 5) is 44.9. The molecule has 8 nitrogen and oxygen atoms in total. The molecule has 0 aliphatic carbocycles. The van der Waals surface area contributed by atoms with E-state index in [2.05, 4.69) is 25.9 Å². The fourth-order valence-electron chi connectivity index (χ4n) is 3.86. The number of nitrogens with one attached hydrogen (secondary N) is 4. The maximum absolute atomic E-state index is 13.1. The molecule has 4 N–H and O–H groups in total. The highest BCUT2D eigenvalue weighted by Crippen LogP contribution is 2.28. The van der Waals surface area contributed by atoms with Gasteiger partial charge in [0.1, 0.15) is 5.54 Å². The molecule has 0 spiro atoms. The van der Waals surface area contributed by atoms with Gasteiger partial charge in [-0.2, -0.15) is 0 Å². The van der Waals surface area contributed by atoms with Crippen LogP contribution in [-0.4, -0.2) is 27.8 Å². The number of nitrogens with zero attached hydrogens (tertiary/aromatic N) is 1. The number of para-hydroxylation sites is 2. The van der Waals surface area contributed by atoms with E-state index in [1.165, 1.54) is 11.8 Å². The molecule has 1 fully saturated rings. The lowest BCUT2D eigenvalue weighted by molar-refractivity contribution is -0.123. The maximum atomic E-state index is 13.1. The van der Waals surface area contributed by atoms with E-state index in [9.17, 15) is 14.4 Å². The monoisotopic (exact) mass is 471 g/mol.